The Hall–Kier alpha value is -4.00. The molecule has 0 saturated heterocycles. The van der Waals surface area contributed by atoms with Crippen molar-refractivity contribution in [3.63, 3.8) is 0 Å². The Balaban J connectivity index is 1.71. The summed E-state index contributed by atoms with van der Waals surface area (Å²) in [5, 5.41) is 5.88. The van der Waals surface area contributed by atoms with Crippen molar-refractivity contribution in [2.45, 2.75) is 19.9 Å². The number of aromatic nitrogens is 3. The molecule has 7 nitrogen and oxygen atoms in total. The molecule has 162 valence electrons. The summed E-state index contributed by atoms with van der Waals surface area (Å²) in [6, 6.07) is 16.8. The zero-order chi connectivity index (χ0) is 22.7. The van der Waals surface area contributed by atoms with Crippen molar-refractivity contribution in [3.8, 4) is 5.75 Å². The fourth-order valence-corrected chi connectivity index (χ4v) is 3.67. The zero-order valence-corrected chi connectivity index (χ0v) is 18.3. The Kier molecular flexibility index (Phi) is 5.98. The van der Waals surface area contributed by atoms with Gasteiger partial charge < -0.3 is 9.64 Å². The molecule has 2 heterocycles. The molecule has 2 aromatic heterocycles. The van der Waals surface area contributed by atoms with Gasteiger partial charge in [-0.1, -0.05) is 30.3 Å². The molecule has 0 saturated carbocycles. The Morgan fingerprint density at radius 3 is 2.59 bits per heavy atom. The van der Waals surface area contributed by atoms with Gasteiger partial charge in [-0.3, -0.25) is 14.6 Å². The summed E-state index contributed by atoms with van der Waals surface area (Å²) in [6.07, 6.45) is 3.99. The van der Waals surface area contributed by atoms with E-state index in [4.69, 9.17) is 4.74 Å². The van der Waals surface area contributed by atoms with E-state index in [1.54, 1.807) is 32.6 Å². The van der Waals surface area contributed by atoms with Crippen LogP contribution in [-0.4, -0.2) is 34.8 Å². The number of carbonyl (C=O) groups excluding carboxylic acids is 1. The minimum atomic E-state index is -0.298. The van der Waals surface area contributed by atoms with Crippen molar-refractivity contribution in [2.75, 3.05) is 19.1 Å². The van der Waals surface area contributed by atoms with E-state index in [1.165, 1.54) is 9.58 Å². The van der Waals surface area contributed by atoms with E-state index in [2.05, 4.69) is 10.1 Å². The van der Waals surface area contributed by atoms with Gasteiger partial charge >= 0.3 is 0 Å². The van der Waals surface area contributed by atoms with Crippen molar-refractivity contribution < 1.29 is 9.53 Å². The second kappa shape index (κ2) is 9.01. The van der Waals surface area contributed by atoms with Gasteiger partial charge in [0.25, 0.3) is 5.56 Å². The molecule has 0 radical (unpaired) electrons. The highest BCUT2D eigenvalue weighted by Crippen LogP contribution is 2.28. The molecule has 1 amide bonds. The highest BCUT2D eigenvalue weighted by molar-refractivity contribution is 5.94. The van der Waals surface area contributed by atoms with Crippen LogP contribution in [0, 0.1) is 6.92 Å². The zero-order valence-electron chi connectivity index (χ0n) is 18.3. The molecular formula is C25H24N4O3. The molecule has 4 aromatic rings. The molecule has 0 atom stereocenters. The Labute approximate surface area is 185 Å². The number of hydrogen-bond donors (Lipinski definition) is 0. The van der Waals surface area contributed by atoms with E-state index in [0.29, 0.717) is 23.2 Å². The highest BCUT2D eigenvalue weighted by Gasteiger charge is 2.19. The van der Waals surface area contributed by atoms with E-state index in [-0.39, 0.29) is 18.0 Å². The summed E-state index contributed by atoms with van der Waals surface area (Å²) in [4.78, 5) is 31.9. The lowest BCUT2D eigenvalue weighted by Crippen LogP contribution is -2.35. The van der Waals surface area contributed by atoms with E-state index >= 15 is 0 Å². The normalized spacial score (nSPS) is 10.8. The molecule has 0 unspecified atom stereocenters. The summed E-state index contributed by atoms with van der Waals surface area (Å²) >= 11 is 0. The van der Waals surface area contributed by atoms with Gasteiger partial charge in [0.15, 0.2) is 0 Å². The predicted octanol–water partition coefficient (Wildman–Crippen LogP) is 3.36. The second-order valence-electron chi connectivity index (χ2n) is 7.62. The molecule has 0 aliphatic heterocycles. The van der Waals surface area contributed by atoms with Crippen molar-refractivity contribution in [1.29, 1.82) is 0 Å². The number of amides is 1. The first-order valence-corrected chi connectivity index (χ1v) is 10.3. The third-order valence-corrected chi connectivity index (χ3v) is 5.39. The third kappa shape index (κ3) is 4.23. The molecule has 0 spiro atoms. The maximum atomic E-state index is 13.1. The van der Waals surface area contributed by atoms with E-state index in [1.807, 2.05) is 55.5 Å². The van der Waals surface area contributed by atoms with Gasteiger partial charge in [-0.15, -0.1) is 0 Å². The molecule has 2 aromatic carbocycles. The first-order chi connectivity index (χ1) is 15.5. The topological polar surface area (TPSA) is 77.3 Å². The standard InChI is InChI=1S/C25H24N4O3/c1-17-10-11-23(32-3)22(13-17)28(2)24(30)16-29-25(31)20-9-5-4-8-19(20)21(27-29)14-18-7-6-12-26-15-18/h4-13,15H,14,16H2,1-3H3. The van der Waals surface area contributed by atoms with Crippen LogP contribution in [0.1, 0.15) is 16.8 Å². The maximum Gasteiger partial charge on any atom is 0.275 e. The number of aryl methyl sites for hydroxylation is 1. The molecule has 0 fully saturated rings. The van der Waals surface area contributed by atoms with Crippen LogP contribution in [0.3, 0.4) is 0 Å². The van der Waals surface area contributed by atoms with Gasteiger partial charge in [-0.2, -0.15) is 5.10 Å². The van der Waals surface area contributed by atoms with Crippen LogP contribution >= 0.6 is 0 Å². The smallest absolute Gasteiger partial charge is 0.275 e. The molecule has 7 heteroatoms. The number of nitrogens with zero attached hydrogens (tertiary/aromatic N) is 4. The highest BCUT2D eigenvalue weighted by atomic mass is 16.5. The largest absolute Gasteiger partial charge is 0.495 e. The van der Waals surface area contributed by atoms with Crippen LogP contribution in [0.2, 0.25) is 0 Å². The average Bonchev–Trinajstić information content (AvgIpc) is 2.82. The van der Waals surface area contributed by atoms with Crippen molar-refractivity contribution >= 4 is 22.4 Å². The van der Waals surface area contributed by atoms with Gasteiger partial charge in [0.1, 0.15) is 12.3 Å². The molecule has 32 heavy (non-hydrogen) atoms. The molecule has 4 rings (SSSR count). The van der Waals surface area contributed by atoms with Crippen LogP contribution in [0.15, 0.2) is 71.8 Å². The number of likely N-dealkylation sites (N-methyl/N-ethyl adjacent to an activating group) is 1. The second-order valence-corrected chi connectivity index (χ2v) is 7.62. The molecule has 0 N–H and O–H groups in total. The quantitative estimate of drug-likeness (QED) is 0.471. The average molecular weight is 428 g/mol. The van der Waals surface area contributed by atoms with Crippen molar-refractivity contribution in [2.24, 2.45) is 0 Å². The number of anilines is 1. The van der Waals surface area contributed by atoms with Crippen LogP contribution in [0.25, 0.3) is 10.8 Å². The molecular weight excluding hydrogens is 404 g/mol. The number of hydrogen-bond acceptors (Lipinski definition) is 5. The number of benzene rings is 2. The number of ether oxygens (including phenoxy) is 1. The summed E-state index contributed by atoms with van der Waals surface area (Å²) in [6.45, 7) is 1.76. The molecule has 0 aliphatic rings. The third-order valence-electron chi connectivity index (χ3n) is 5.39. The first-order valence-electron chi connectivity index (χ1n) is 10.3. The SMILES string of the molecule is COc1ccc(C)cc1N(C)C(=O)Cn1nc(Cc2cccnc2)c2ccccc2c1=O. The molecule has 0 bridgehead atoms. The number of pyridine rings is 1. The Bertz CT molecular complexity index is 1330. The monoisotopic (exact) mass is 428 g/mol. The predicted molar refractivity (Wildman–Crippen MR) is 124 cm³/mol. The minimum absolute atomic E-state index is 0.183. The summed E-state index contributed by atoms with van der Waals surface area (Å²) in [5.41, 5.74) is 3.04. The van der Waals surface area contributed by atoms with E-state index < -0.39 is 0 Å². The minimum Gasteiger partial charge on any atom is -0.495 e. The van der Waals surface area contributed by atoms with Crippen LogP contribution in [0.5, 0.6) is 5.75 Å². The van der Waals surface area contributed by atoms with Gasteiger partial charge in [-0.25, -0.2) is 4.68 Å². The number of methoxy groups -OCH3 is 1. The fraction of sp³-hybridized carbons (Fsp3) is 0.200. The van der Waals surface area contributed by atoms with Gasteiger partial charge in [0.2, 0.25) is 5.91 Å². The Morgan fingerprint density at radius 2 is 1.88 bits per heavy atom. The number of rotatable bonds is 6. The lowest BCUT2D eigenvalue weighted by molar-refractivity contribution is -0.119. The lowest BCUT2D eigenvalue weighted by atomic mass is 10.1. The van der Waals surface area contributed by atoms with Gasteiger partial charge in [-0.05, 0) is 42.3 Å². The van der Waals surface area contributed by atoms with Crippen molar-refractivity contribution in [1.82, 2.24) is 14.8 Å². The van der Waals surface area contributed by atoms with Crippen molar-refractivity contribution in [3.05, 3.63) is 94.2 Å². The summed E-state index contributed by atoms with van der Waals surface area (Å²) < 4.78 is 6.65. The van der Waals surface area contributed by atoms with Gasteiger partial charge in [0.05, 0.1) is 23.9 Å². The summed E-state index contributed by atoms with van der Waals surface area (Å²) in [5.74, 6) is 0.314. The van der Waals surface area contributed by atoms with Crippen LogP contribution in [0.4, 0.5) is 5.69 Å². The van der Waals surface area contributed by atoms with Gasteiger partial charge in [0, 0.05) is 31.2 Å². The number of fused-ring (bicyclic) bond motifs is 1. The van der Waals surface area contributed by atoms with E-state index in [0.717, 1.165) is 22.2 Å². The number of carbonyl (C=O) groups is 1. The Morgan fingerprint density at radius 1 is 1.09 bits per heavy atom. The first kappa shape index (κ1) is 21.2. The molecule has 0 aliphatic carbocycles. The fourth-order valence-electron chi connectivity index (χ4n) is 3.67. The van der Waals surface area contributed by atoms with Crippen LogP contribution < -0.4 is 15.2 Å². The lowest BCUT2D eigenvalue weighted by Gasteiger charge is -2.21. The maximum absolute atomic E-state index is 13.1. The van der Waals surface area contributed by atoms with E-state index in [9.17, 15) is 9.59 Å². The van der Waals surface area contributed by atoms with Crippen LogP contribution in [-0.2, 0) is 17.8 Å². The summed E-state index contributed by atoms with van der Waals surface area (Å²) in [7, 11) is 3.23.